The number of ether oxygens (including phenoxy) is 1. The highest BCUT2D eigenvalue weighted by Gasteiger charge is 2.13. The molecule has 1 atom stereocenters. The fraction of sp³-hybridized carbons (Fsp3) is 0.438. The van der Waals surface area contributed by atoms with E-state index in [-0.39, 0.29) is 0 Å². The zero-order valence-corrected chi connectivity index (χ0v) is 12.5. The number of methoxy groups -OCH3 is 1. The molecule has 2 rings (SSSR count). The molecule has 0 bridgehead atoms. The number of nitrogens with one attached hydrogen (secondary N) is 1. The van der Waals surface area contributed by atoms with Gasteiger partial charge in [0.1, 0.15) is 5.75 Å². The molecule has 0 amide bonds. The molecule has 0 fully saturated rings. The molecule has 0 spiro atoms. The highest BCUT2D eigenvalue weighted by molar-refractivity contribution is 5.27. The summed E-state index contributed by atoms with van der Waals surface area (Å²) in [7, 11) is 3.73. The fourth-order valence-electron chi connectivity index (χ4n) is 2.41. The van der Waals surface area contributed by atoms with Crippen molar-refractivity contribution in [2.45, 2.75) is 25.8 Å². The number of rotatable bonds is 7. The number of hydrogen-bond donors (Lipinski definition) is 1. The van der Waals surface area contributed by atoms with Gasteiger partial charge in [0.15, 0.2) is 0 Å². The summed E-state index contributed by atoms with van der Waals surface area (Å²) in [5.41, 5.74) is 2.57. The third kappa shape index (κ3) is 3.61. The van der Waals surface area contributed by atoms with E-state index in [1.165, 1.54) is 11.3 Å². The molecule has 108 valence electrons. The predicted octanol–water partition coefficient (Wildman–Crippen LogP) is 2.71. The van der Waals surface area contributed by atoms with Crippen molar-refractivity contribution in [2.75, 3.05) is 13.7 Å². The van der Waals surface area contributed by atoms with Crippen molar-refractivity contribution in [2.24, 2.45) is 7.05 Å². The standard InChI is InChI=1S/C16H23N3O/c1-4-18-15(16-11-17-12-19(16)2)10-7-13-5-8-14(20-3)9-6-13/h5-6,8-9,11-12,15,18H,4,7,10H2,1-3H3. The van der Waals surface area contributed by atoms with Crippen LogP contribution in [0.25, 0.3) is 0 Å². The summed E-state index contributed by atoms with van der Waals surface area (Å²) in [6, 6.07) is 8.63. The Morgan fingerprint density at radius 3 is 2.60 bits per heavy atom. The number of nitrogens with zero attached hydrogens (tertiary/aromatic N) is 2. The van der Waals surface area contributed by atoms with Crippen LogP contribution in [0.5, 0.6) is 5.75 Å². The van der Waals surface area contributed by atoms with Crippen LogP contribution in [-0.2, 0) is 13.5 Å². The largest absolute Gasteiger partial charge is 0.497 e. The van der Waals surface area contributed by atoms with E-state index in [1.807, 2.05) is 31.7 Å². The normalized spacial score (nSPS) is 12.3. The van der Waals surface area contributed by atoms with Gasteiger partial charge in [-0.2, -0.15) is 0 Å². The van der Waals surface area contributed by atoms with E-state index < -0.39 is 0 Å². The summed E-state index contributed by atoms with van der Waals surface area (Å²) in [6.07, 6.45) is 5.89. The highest BCUT2D eigenvalue weighted by Crippen LogP contribution is 2.20. The van der Waals surface area contributed by atoms with Gasteiger partial charge in [-0.1, -0.05) is 19.1 Å². The van der Waals surface area contributed by atoms with Gasteiger partial charge in [0.05, 0.1) is 19.1 Å². The van der Waals surface area contributed by atoms with Crippen LogP contribution in [0.3, 0.4) is 0 Å². The van der Waals surface area contributed by atoms with E-state index in [1.54, 1.807) is 7.11 Å². The van der Waals surface area contributed by atoms with E-state index in [2.05, 4.69) is 33.9 Å². The van der Waals surface area contributed by atoms with Gasteiger partial charge in [0, 0.05) is 19.3 Å². The number of imidazole rings is 1. The molecule has 0 saturated carbocycles. The number of benzene rings is 1. The zero-order chi connectivity index (χ0) is 14.4. The monoisotopic (exact) mass is 273 g/mol. The quantitative estimate of drug-likeness (QED) is 0.843. The molecule has 0 aliphatic heterocycles. The molecule has 0 saturated heterocycles. The minimum atomic E-state index is 0.342. The molecule has 0 aliphatic rings. The zero-order valence-electron chi connectivity index (χ0n) is 12.5. The van der Waals surface area contributed by atoms with E-state index in [4.69, 9.17) is 4.74 Å². The molecule has 2 aromatic rings. The van der Waals surface area contributed by atoms with E-state index in [0.717, 1.165) is 25.1 Å². The summed E-state index contributed by atoms with van der Waals surface area (Å²) in [4.78, 5) is 4.21. The Labute approximate surface area is 120 Å². The Morgan fingerprint density at radius 1 is 1.30 bits per heavy atom. The third-order valence-electron chi connectivity index (χ3n) is 3.54. The average Bonchev–Trinajstić information content (AvgIpc) is 2.90. The third-order valence-corrected chi connectivity index (χ3v) is 3.54. The Kier molecular flexibility index (Phi) is 5.18. The summed E-state index contributed by atoms with van der Waals surface area (Å²) >= 11 is 0. The first kappa shape index (κ1) is 14.6. The number of hydrogen-bond acceptors (Lipinski definition) is 3. The summed E-state index contributed by atoms with van der Waals surface area (Å²) < 4.78 is 7.27. The molecule has 1 unspecified atom stereocenters. The topological polar surface area (TPSA) is 39.1 Å². The van der Waals surface area contributed by atoms with Crippen LogP contribution in [0, 0.1) is 0 Å². The van der Waals surface area contributed by atoms with Crippen LogP contribution < -0.4 is 10.1 Å². The molecule has 1 N–H and O–H groups in total. The molecule has 1 aromatic carbocycles. The molecular weight excluding hydrogens is 250 g/mol. The molecule has 1 heterocycles. The summed E-state index contributed by atoms with van der Waals surface area (Å²) in [6.45, 7) is 3.09. The molecule has 4 nitrogen and oxygen atoms in total. The SMILES string of the molecule is CCNC(CCc1ccc(OC)cc1)c1cncn1C. The van der Waals surface area contributed by atoms with Crippen LogP contribution in [0.15, 0.2) is 36.8 Å². The van der Waals surface area contributed by atoms with Crippen LogP contribution in [-0.4, -0.2) is 23.2 Å². The Bertz CT molecular complexity index is 519. The lowest BCUT2D eigenvalue weighted by Gasteiger charge is -2.18. The number of aryl methyl sites for hydroxylation is 2. The van der Waals surface area contributed by atoms with E-state index in [0.29, 0.717) is 6.04 Å². The van der Waals surface area contributed by atoms with E-state index in [9.17, 15) is 0 Å². The second-order valence-corrected chi connectivity index (χ2v) is 4.93. The van der Waals surface area contributed by atoms with Crippen molar-refractivity contribution >= 4 is 0 Å². The van der Waals surface area contributed by atoms with Crippen molar-refractivity contribution < 1.29 is 4.74 Å². The molecular formula is C16H23N3O. The molecule has 0 radical (unpaired) electrons. The van der Waals surface area contributed by atoms with Crippen molar-refractivity contribution in [1.82, 2.24) is 14.9 Å². The lowest BCUT2D eigenvalue weighted by Crippen LogP contribution is -2.23. The minimum Gasteiger partial charge on any atom is -0.497 e. The fourth-order valence-corrected chi connectivity index (χ4v) is 2.41. The van der Waals surface area contributed by atoms with Gasteiger partial charge in [-0.3, -0.25) is 0 Å². The lowest BCUT2D eigenvalue weighted by molar-refractivity contribution is 0.414. The van der Waals surface area contributed by atoms with Gasteiger partial charge in [0.2, 0.25) is 0 Å². The van der Waals surface area contributed by atoms with Gasteiger partial charge >= 0.3 is 0 Å². The molecule has 1 aromatic heterocycles. The molecule has 20 heavy (non-hydrogen) atoms. The van der Waals surface area contributed by atoms with Gasteiger partial charge in [-0.25, -0.2) is 4.98 Å². The van der Waals surface area contributed by atoms with Crippen molar-refractivity contribution in [1.29, 1.82) is 0 Å². The maximum absolute atomic E-state index is 5.18. The van der Waals surface area contributed by atoms with Crippen molar-refractivity contribution in [3.63, 3.8) is 0 Å². The molecule has 4 heteroatoms. The Hall–Kier alpha value is -1.81. The van der Waals surface area contributed by atoms with Gasteiger partial charge in [-0.05, 0) is 37.1 Å². The first-order valence-electron chi connectivity index (χ1n) is 7.07. The first-order chi connectivity index (χ1) is 9.74. The van der Waals surface area contributed by atoms with Gasteiger partial charge in [0.25, 0.3) is 0 Å². The van der Waals surface area contributed by atoms with Gasteiger partial charge < -0.3 is 14.6 Å². The average molecular weight is 273 g/mol. The van der Waals surface area contributed by atoms with E-state index >= 15 is 0 Å². The van der Waals surface area contributed by atoms with Crippen molar-refractivity contribution in [3.8, 4) is 5.75 Å². The highest BCUT2D eigenvalue weighted by atomic mass is 16.5. The Morgan fingerprint density at radius 2 is 2.05 bits per heavy atom. The lowest BCUT2D eigenvalue weighted by atomic mass is 10.0. The maximum Gasteiger partial charge on any atom is 0.118 e. The summed E-state index contributed by atoms with van der Waals surface area (Å²) in [5, 5.41) is 3.53. The van der Waals surface area contributed by atoms with Crippen LogP contribution in [0.2, 0.25) is 0 Å². The van der Waals surface area contributed by atoms with Crippen LogP contribution in [0.4, 0.5) is 0 Å². The van der Waals surface area contributed by atoms with Crippen LogP contribution >= 0.6 is 0 Å². The van der Waals surface area contributed by atoms with Crippen LogP contribution in [0.1, 0.15) is 30.6 Å². The minimum absolute atomic E-state index is 0.342. The smallest absolute Gasteiger partial charge is 0.118 e. The first-order valence-corrected chi connectivity index (χ1v) is 7.07. The van der Waals surface area contributed by atoms with Crippen molar-refractivity contribution in [3.05, 3.63) is 48.0 Å². The second kappa shape index (κ2) is 7.10. The molecule has 0 aliphatic carbocycles. The number of aromatic nitrogens is 2. The summed E-state index contributed by atoms with van der Waals surface area (Å²) in [5.74, 6) is 0.906. The predicted molar refractivity (Wildman–Crippen MR) is 80.9 cm³/mol. The second-order valence-electron chi connectivity index (χ2n) is 4.93. The van der Waals surface area contributed by atoms with Gasteiger partial charge in [-0.15, -0.1) is 0 Å². The Balaban J connectivity index is 2.00. The maximum atomic E-state index is 5.18.